The highest BCUT2D eigenvalue weighted by atomic mass is 35.5. The Balaban J connectivity index is 1.58. The fourth-order valence-electron chi connectivity index (χ4n) is 2.49. The number of thiazole rings is 1. The molecule has 2 heterocycles. The fraction of sp³-hybridized carbons (Fsp3) is 0.211. The van der Waals surface area contributed by atoms with E-state index in [1.807, 2.05) is 12.3 Å². The smallest absolute Gasteiger partial charge is 0.240 e. The van der Waals surface area contributed by atoms with Crippen molar-refractivity contribution in [3.8, 4) is 0 Å². The number of rotatable bonds is 8. The van der Waals surface area contributed by atoms with Crippen molar-refractivity contribution in [1.29, 1.82) is 0 Å². The molecule has 0 radical (unpaired) electrons. The molecule has 0 aliphatic carbocycles. The van der Waals surface area contributed by atoms with Gasteiger partial charge in [-0.25, -0.2) is 22.5 Å². The van der Waals surface area contributed by atoms with Crippen LogP contribution < -0.4 is 4.72 Å². The summed E-state index contributed by atoms with van der Waals surface area (Å²) in [6.45, 7) is 1.88. The van der Waals surface area contributed by atoms with E-state index in [-0.39, 0.29) is 22.2 Å². The zero-order valence-corrected chi connectivity index (χ0v) is 17.7. The minimum atomic E-state index is -3.86. The summed E-state index contributed by atoms with van der Waals surface area (Å²) in [6.07, 6.45) is 2.29. The molecule has 1 aromatic carbocycles. The Morgan fingerprint density at radius 2 is 2.07 bits per heavy atom. The van der Waals surface area contributed by atoms with Crippen LogP contribution in [0, 0.1) is 12.7 Å². The van der Waals surface area contributed by atoms with Crippen LogP contribution in [-0.2, 0) is 23.0 Å². The van der Waals surface area contributed by atoms with Crippen molar-refractivity contribution < 1.29 is 17.6 Å². The number of aromatic nitrogens is 2. The Bertz CT molecular complexity index is 1130. The second-order valence-corrected chi connectivity index (χ2v) is 9.47. The lowest BCUT2D eigenvalue weighted by Crippen LogP contribution is -2.23. The molecule has 29 heavy (non-hydrogen) atoms. The number of nitrogens with zero attached hydrogens (tertiary/aromatic N) is 2. The number of Topliss-reactive ketones (excluding diaryl/α,β-unsaturated/α-hetero) is 1. The predicted octanol–water partition coefficient (Wildman–Crippen LogP) is 3.93. The Labute approximate surface area is 176 Å². The topological polar surface area (TPSA) is 89.0 Å². The minimum Gasteiger partial charge on any atom is -0.292 e. The molecule has 0 saturated carbocycles. The number of nitrogens with one attached hydrogen (secondary N) is 1. The van der Waals surface area contributed by atoms with Gasteiger partial charge >= 0.3 is 0 Å². The Morgan fingerprint density at radius 3 is 2.69 bits per heavy atom. The van der Waals surface area contributed by atoms with Crippen LogP contribution in [0.15, 0.2) is 46.8 Å². The van der Waals surface area contributed by atoms with Gasteiger partial charge in [0, 0.05) is 24.5 Å². The molecular weight excluding hydrogens is 437 g/mol. The van der Waals surface area contributed by atoms with Crippen LogP contribution in [0.1, 0.15) is 33.2 Å². The average molecular weight is 454 g/mol. The van der Waals surface area contributed by atoms with E-state index >= 15 is 0 Å². The maximum atomic E-state index is 13.2. The molecule has 0 bridgehead atoms. The van der Waals surface area contributed by atoms with Gasteiger partial charge in [0.25, 0.3) is 0 Å². The highest BCUT2D eigenvalue weighted by molar-refractivity contribution is 7.89. The number of sulfonamides is 1. The minimum absolute atomic E-state index is 0.0309. The standard InChI is InChI=1S/C19H17ClFN3O3S2/c1-12-24-14(11-28-12)3-7-19(25)18-6-2-13(9-22-18)10-23-29(26,27)15-4-5-17(21)16(20)8-15/h2,4-6,8-9,11,23H,3,7,10H2,1H3. The van der Waals surface area contributed by atoms with E-state index in [1.54, 1.807) is 23.5 Å². The maximum Gasteiger partial charge on any atom is 0.240 e. The zero-order chi connectivity index (χ0) is 21.0. The molecule has 3 aromatic rings. The van der Waals surface area contributed by atoms with E-state index in [9.17, 15) is 17.6 Å². The van der Waals surface area contributed by atoms with Crippen LogP contribution in [0.2, 0.25) is 5.02 Å². The van der Waals surface area contributed by atoms with Crippen molar-refractivity contribution in [2.75, 3.05) is 0 Å². The number of aryl methyl sites for hydroxylation is 2. The van der Waals surface area contributed by atoms with Crippen LogP contribution in [0.25, 0.3) is 0 Å². The van der Waals surface area contributed by atoms with E-state index in [0.29, 0.717) is 24.1 Å². The SMILES string of the molecule is Cc1nc(CCC(=O)c2ccc(CNS(=O)(=O)c3ccc(F)c(Cl)c3)cn2)cs1. The first-order valence-electron chi connectivity index (χ1n) is 8.58. The summed E-state index contributed by atoms with van der Waals surface area (Å²) >= 11 is 7.18. The first-order valence-corrected chi connectivity index (χ1v) is 11.3. The predicted molar refractivity (Wildman–Crippen MR) is 109 cm³/mol. The zero-order valence-electron chi connectivity index (χ0n) is 15.4. The van der Waals surface area contributed by atoms with Gasteiger partial charge in [0.1, 0.15) is 11.5 Å². The molecule has 0 atom stereocenters. The van der Waals surface area contributed by atoms with Crippen molar-refractivity contribution in [2.45, 2.75) is 31.2 Å². The maximum absolute atomic E-state index is 13.2. The lowest BCUT2D eigenvalue weighted by atomic mass is 10.1. The van der Waals surface area contributed by atoms with E-state index in [0.717, 1.165) is 28.9 Å². The van der Waals surface area contributed by atoms with Crippen LogP contribution in [-0.4, -0.2) is 24.2 Å². The van der Waals surface area contributed by atoms with Crippen LogP contribution >= 0.6 is 22.9 Å². The first-order chi connectivity index (χ1) is 13.7. The van der Waals surface area contributed by atoms with Crippen LogP contribution in [0.4, 0.5) is 4.39 Å². The second kappa shape index (κ2) is 9.08. The molecule has 0 aliphatic rings. The monoisotopic (exact) mass is 453 g/mol. The number of ketones is 1. The molecule has 1 N–H and O–H groups in total. The summed E-state index contributed by atoms with van der Waals surface area (Å²) in [5.41, 5.74) is 1.77. The Hall–Kier alpha value is -2.20. The van der Waals surface area contributed by atoms with Crippen LogP contribution in [0.3, 0.4) is 0 Å². The second-order valence-electron chi connectivity index (χ2n) is 6.23. The normalized spacial score (nSPS) is 11.6. The summed E-state index contributed by atoms with van der Waals surface area (Å²) in [5.74, 6) is -0.802. The molecule has 0 spiro atoms. The summed E-state index contributed by atoms with van der Waals surface area (Å²) < 4.78 is 40.2. The van der Waals surface area contributed by atoms with Gasteiger partial charge < -0.3 is 0 Å². The van der Waals surface area contributed by atoms with Gasteiger partial charge in [-0.1, -0.05) is 17.7 Å². The summed E-state index contributed by atoms with van der Waals surface area (Å²) in [5, 5.41) is 2.62. The molecule has 0 aliphatic heterocycles. The lowest BCUT2D eigenvalue weighted by molar-refractivity contribution is 0.0977. The van der Waals surface area contributed by atoms with Crippen molar-refractivity contribution in [2.24, 2.45) is 0 Å². The summed E-state index contributed by atoms with van der Waals surface area (Å²) in [6, 6.07) is 6.36. The number of halogens is 2. The molecule has 10 heteroatoms. The van der Waals surface area contributed by atoms with Crippen molar-refractivity contribution in [1.82, 2.24) is 14.7 Å². The molecule has 0 fully saturated rings. The molecule has 0 saturated heterocycles. The van der Waals surface area contributed by atoms with Gasteiger partial charge in [-0.05, 0) is 43.2 Å². The van der Waals surface area contributed by atoms with Gasteiger partial charge in [-0.3, -0.25) is 9.78 Å². The van der Waals surface area contributed by atoms with Gasteiger partial charge in [-0.2, -0.15) is 0 Å². The molecule has 0 amide bonds. The fourth-order valence-corrected chi connectivity index (χ4v) is 4.43. The summed E-state index contributed by atoms with van der Waals surface area (Å²) in [7, 11) is -3.86. The van der Waals surface area contributed by atoms with Gasteiger partial charge in [0.05, 0.1) is 20.6 Å². The van der Waals surface area contributed by atoms with Crippen LogP contribution in [0.5, 0.6) is 0 Å². The van der Waals surface area contributed by atoms with E-state index in [1.165, 1.54) is 6.20 Å². The highest BCUT2D eigenvalue weighted by Gasteiger charge is 2.16. The molecule has 0 unspecified atom stereocenters. The number of carbonyl (C=O) groups is 1. The van der Waals surface area contributed by atoms with E-state index < -0.39 is 15.8 Å². The molecular formula is C19H17ClFN3O3S2. The third kappa shape index (κ3) is 5.66. The number of carbonyl (C=O) groups excluding carboxylic acids is 1. The largest absolute Gasteiger partial charge is 0.292 e. The Kier molecular flexibility index (Phi) is 6.74. The lowest BCUT2D eigenvalue weighted by Gasteiger charge is -2.08. The van der Waals surface area contributed by atoms with E-state index in [2.05, 4.69) is 14.7 Å². The van der Waals surface area contributed by atoms with Gasteiger partial charge in [0.2, 0.25) is 10.0 Å². The highest BCUT2D eigenvalue weighted by Crippen LogP contribution is 2.19. The molecule has 6 nitrogen and oxygen atoms in total. The van der Waals surface area contributed by atoms with Crippen molar-refractivity contribution >= 4 is 38.7 Å². The van der Waals surface area contributed by atoms with Crippen molar-refractivity contribution in [3.05, 3.63) is 74.7 Å². The Morgan fingerprint density at radius 1 is 1.28 bits per heavy atom. The molecule has 2 aromatic heterocycles. The van der Waals surface area contributed by atoms with E-state index in [4.69, 9.17) is 11.6 Å². The third-order valence-corrected chi connectivity index (χ3v) is 6.56. The molecule has 152 valence electrons. The first kappa shape index (κ1) is 21.5. The quantitative estimate of drug-likeness (QED) is 0.522. The number of hydrogen-bond acceptors (Lipinski definition) is 6. The number of hydrogen-bond donors (Lipinski definition) is 1. The number of pyridine rings is 1. The third-order valence-electron chi connectivity index (χ3n) is 4.05. The van der Waals surface area contributed by atoms with Crippen molar-refractivity contribution in [3.63, 3.8) is 0 Å². The van der Waals surface area contributed by atoms with Gasteiger partial charge in [-0.15, -0.1) is 11.3 Å². The number of benzene rings is 1. The molecule has 3 rings (SSSR count). The average Bonchev–Trinajstić information content (AvgIpc) is 3.12. The summed E-state index contributed by atoms with van der Waals surface area (Å²) in [4.78, 5) is 20.6. The van der Waals surface area contributed by atoms with Gasteiger partial charge in [0.15, 0.2) is 5.78 Å².